The highest BCUT2D eigenvalue weighted by atomic mass is 35.5. The maximum atomic E-state index is 14.5. The van der Waals surface area contributed by atoms with Crippen molar-refractivity contribution in [2.45, 2.75) is 30.8 Å². The Balaban J connectivity index is 1.70. The van der Waals surface area contributed by atoms with Crippen molar-refractivity contribution < 1.29 is 50.5 Å². The highest BCUT2D eigenvalue weighted by molar-refractivity contribution is 6.31. The van der Waals surface area contributed by atoms with Crippen molar-refractivity contribution in [2.75, 3.05) is 18.6 Å². The Morgan fingerprint density at radius 3 is 2.27 bits per heavy atom. The van der Waals surface area contributed by atoms with Crippen LogP contribution in [0.25, 0.3) is 0 Å². The second-order valence-corrected chi connectivity index (χ2v) is 9.47. The SMILES string of the molecule is CC(c1ccc(Oc2ccc(C=O)c(C(F)(F)F)c2)cc1Cl)C(O)(c1ccc2c(c1)N(C)C(=O)CO2)C(F)(F)F. The van der Waals surface area contributed by atoms with Crippen LogP contribution in [0.1, 0.15) is 39.9 Å². The third-order valence-corrected chi connectivity index (χ3v) is 7.00. The van der Waals surface area contributed by atoms with E-state index in [0.29, 0.717) is 6.07 Å². The zero-order valence-electron chi connectivity index (χ0n) is 20.7. The summed E-state index contributed by atoms with van der Waals surface area (Å²) in [5.41, 5.74) is -5.96. The van der Waals surface area contributed by atoms with Gasteiger partial charge < -0.3 is 19.5 Å². The number of nitrogens with zero attached hydrogens (tertiary/aromatic N) is 1. The molecule has 0 bridgehead atoms. The van der Waals surface area contributed by atoms with Gasteiger partial charge in [-0.15, -0.1) is 0 Å². The molecule has 6 nitrogen and oxygen atoms in total. The molecule has 0 radical (unpaired) electrons. The quantitative estimate of drug-likeness (QED) is 0.252. The molecule has 1 N–H and O–H groups in total. The summed E-state index contributed by atoms with van der Waals surface area (Å²) in [7, 11) is 1.36. The summed E-state index contributed by atoms with van der Waals surface area (Å²) >= 11 is 6.29. The molecule has 1 heterocycles. The number of carbonyl (C=O) groups is 2. The van der Waals surface area contributed by atoms with Crippen LogP contribution in [0.3, 0.4) is 0 Å². The smallest absolute Gasteiger partial charge is 0.422 e. The number of likely N-dealkylation sites (N-methyl/N-ethyl adjacent to an activating group) is 1. The van der Waals surface area contributed by atoms with E-state index in [1.54, 1.807) is 0 Å². The Bertz CT molecular complexity index is 1470. The number of fused-ring (bicyclic) bond motifs is 1. The molecule has 1 amide bonds. The average molecular weight is 588 g/mol. The van der Waals surface area contributed by atoms with Crippen LogP contribution in [0.4, 0.5) is 32.0 Å². The van der Waals surface area contributed by atoms with Crippen molar-refractivity contribution in [3.8, 4) is 17.2 Å². The van der Waals surface area contributed by atoms with E-state index in [9.17, 15) is 41.0 Å². The molecule has 0 spiro atoms. The van der Waals surface area contributed by atoms with Crippen LogP contribution in [-0.4, -0.2) is 37.1 Å². The Hall–Kier alpha value is -3.77. The van der Waals surface area contributed by atoms with Crippen molar-refractivity contribution in [3.63, 3.8) is 0 Å². The first-order valence-electron chi connectivity index (χ1n) is 11.5. The molecule has 0 fully saturated rings. The molecule has 40 heavy (non-hydrogen) atoms. The van der Waals surface area contributed by atoms with Gasteiger partial charge in [0.1, 0.15) is 17.2 Å². The molecule has 212 valence electrons. The van der Waals surface area contributed by atoms with Crippen molar-refractivity contribution in [2.24, 2.45) is 0 Å². The van der Waals surface area contributed by atoms with Gasteiger partial charge in [-0.3, -0.25) is 9.59 Å². The molecule has 0 aromatic heterocycles. The van der Waals surface area contributed by atoms with Gasteiger partial charge in [-0.05, 0) is 53.6 Å². The largest absolute Gasteiger partial charge is 0.482 e. The molecule has 1 aliphatic rings. The number of hydrogen-bond acceptors (Lipinski definition) is 5. The van der Waals surface area contributed by atoms with E-state index in [2.05, 4.69) is 0 Å². The molecule has 1 aliphatic heterocycles. The van der Waals surface area contributed by atoms with Gasteiger partial charge in [0, 0.05) is 23.6 Å². The Morgan fingerprint density at radius 2 is 1.68 bits per heavy atom. The minimum absolute atomic E-state index is 0.0392. The summed E-state index contributed by atoms with van der Waals surface area (Å²) in [6, 6.07) is 9.36. The van der Waals surface area contributed by atoms with Gasteiger partial charge in [-0.1, -0.05) is 30.7 Å². The van der Waals surface area contributed by atoms with Crippen LogP contribution < -0.4 is 14.4 Å². The molecular formula is C27H20ClF6NO5. The fraction of sp³-hybridized carbons (Fsp3) is 0.259. The average Bonchev–Trinajstić information content (AvgIpc) is 2.88. The van der Waals surface area contributed by atoms with E-state index in [-0.39, 0.29) is 46.4 Å². The number of ether oxygens (including phenoxy) is 2. The lowest BCUT2D eigenvalue weighted by atomic mass is 9.77. The maximum absolute atomic E-state index is 14.5. The predicted molar refractivity (Wildman–Crippen MR) is 132 cm³/mol. The van der Waals surface area contributed by atoms with Crippen molar-refractivity contribution >= 4 is 29.5 Å². The molecule has 3 aromatic carbocycles. The molecule has 2 atom stereocenters. The van der Waals surface area contributed by atoms with Crippen molar-refractivity contribution in [3.05, 3.63) is 81.9 Å². The zero-order valence-corrected chi connectivity index (χ0v) is 21.5. The number of benzene rings is 3. The highest BCUT2D eigenvalue weighted by Gasteiger charge is 2.59. The molecule has 0 aliphatic carbocycles. The summed E-state index contributed by atoms with van der Waals surface area (Å²) in [5.74, 6) is -2.42. The molecule has 0 saturated heterocycles. The third kappa shape index (κ3) is 5.20. The summed E-state index contributed by atoms with van der Waals surface area (Å²) < 4.78 is 93.9. The zero-order chi connectivity index (χ0) is 29.6. The van der Waals surface area contributed by atoms with Gasteiger partial charge in [0.15, 0.2) is 18.5 Å². The summed E-state index contributed by atoms with van der Waals surface area (Å²) in [6.07, 6.45) is -9.99. The fourth-order valence-corrected chi connectivity index (χ4v) is 4.73. The van der Waals surface area contributed by atoms with Gasteiger partial charge in [-0.25, -0.2) is 0 Å². The minimum Gasteiger partial charge on any atom is -0.482 e. The number of alkyl halides is 6. The van der Waals surface area contributed by atoms with Gasteiger partial charge in [0.2, 0.25) is 0 Å². The number of carbonyl (C=O) groups excluding carboxylic acids is 2. The first-order chi connectivity index (χ1) is 18.6. The van der Waals surface area contributed by atoms with Crippen LogP contribution in [-0.2, 0) is 16.6 Å². The van der Waals surface area contributed by atoms with Gasteiger partial charge in [0.25, 0.3) is 5.91 Å². The number of amides is 1. The van der Waals surface area contributed by atoms with E-state index in [4.69, 9.17) is 21.1 Å². The van der Waals surface area contributed by atoms with E-state index >= 15 is 0 Å². The standard InChI is InChI=1S/C27H20ClF6NO5/c1-14(25(38,27(32,33)34)16-4-8-23-22(9-16)35(2)24(37)13-39-23)19-7-6-18(11-21(19)28)40-17-5-3-15(12-36)20(10-17)26(29,30)31/h3-12,14,38H,13H2,1-2H3. The first-order valence-corrected chi connectivity index (χ1v) is 11.9. The third-order valence-electron chi connectivity index (χ3n) is 6.68. The lowest BCUT2D eigenvalue weighted by Crippen LogP contribution is -2.47. The number of hydrogen-bond donors (Lipinski definition) is 1. The van der Waals surface area contributed by atoms with Gasteiger partial charge >= 0.3 is 12.4 Å². The van der Waals surface area contributed by atoms with Crippen LogP contribution in [0.2, 0.25) is 5.02 Å². The molecule has 3 aromatic rings. The number of aldehydes is 1. The fourth-order valence-electron chi connectivity index (χ4n) is 4.40. The Morgan fingerprint density at radius 1 is 1.02 bits per heavy atom. The Kier molecular flexibility index (Phi) is 7.54. The number of aliphatic hydroxyl groups is 1. The summed E-state index contributed by atoms with van der Waals surface area (Å²) in [5, 5.41) is 10.9. The number of rotatable bonds is 6. The lowest BCUT2D eigenvalue weighted by Gasteiger charge is -2.38. The van der Waals surface area contributed by atoms with E-state index < -0.39 is 46.5 Å². The summed E-state index contributed by atoms with van der Waals surface area (Å²) in [4.78, 5) is 24.1. The highest BCUT2D eigenvalue weighted by Crippen LogP contribution is 2.51. The van der Waals surface area contributed by atoms with Crippen LogP contribution in [0, 0.1) is 0 Å². The number of anilines is 1. The van der Waals surface area contributed by atoms with Gasteiger partial charge in [0.05, 0.1) is 11.3 Å². The monoisotopic (exact) mass is 587 g/mol. The molecule has 2 unspecified atom stereocenters. The van der Waals surface area contributed by atoms with Crippen molar-refractivity contribution in [1.82, 2.24) is 0 Å². The predicted octanol–water partition coefficient (Wildman–Crippen LogP) is 6.87. The van der Waals surface area contributed by atoms with Crippen LogP contribution in [0.15, 0.2) is 54.6 Å². The van der Waals surface area contributed by atoms with Crippen LogP contribution >= 0.6 is 11.6 Å². The van der Waals surface area contributed by atoms with E-state index in [0.717, 1.165) is 48.2 Å². The Labute approximate surface area is 228 Å². The van der Waals surface area contributed by atoms with E-state index in [1.807, 2.05) is 0 Å². The van der Waals surface area contributed by atoms with Crippen LogP contribution in [0.5, 0.6) is 17.2 Å². The second kappa shape index (κ2) is 10.3. The molecule has 4 rings (SSSR count). The maximum Gasteiger partial charge on any atom is 0.422 e. The molecule has 0 saturated carbocycles. The van der Waals surface area contributed by atoms with Crippen molar-refractivity contribution in [1.29, 1.82) is 0 Å². The molecular weight excluding hydrogens is 568 g/mol. The topological polar surface area (TPSA) is 76.1 Å². The second-order valence-electron chi connectivity index (χ2n) is 9.06. The summed E-state index contributed by atoms with van der Waals surface area (Å²) in [6.45, 7) is 0.819. The van der Waals surface area contributed by atoms with E-state index in [1.165, 1.54) is 19.2 Å². The lowest BCUT2D eigenvalue weighted by molar-refractivity contribution is -0.274. The molecule has 13 heteroatoms. The minimum atomic E-state index is -5.20. The first kappa shape index (κ1) is 29.2. The normalized spacial score (nSPS) is 16.1. The number of halogens is 7. The van der Waals surface area contributed by atoms with Gasteiger partial charge in [-0.2, -0.15) is 26.3 Å².